The molecule has 7 heteroatoms. The van der Waals surface area contributed by atoms with Crippen LogP contribution in [0.15, 0.2) is 59.6 Å². The summed E-state index contributed by atoms with van der Waals surface area (Å²) in [6.45, 7) is 6.11. The van der Waals surface area contributed by atoms with E-state index in [4.69, 9.17) is 0 Å². The Balaban J connectivity index is 2.33. The van der Waals surface area contributed by atoms with Crippen LogP contribution >= 0.6 is 0 Å². The van der Waals surface area contributed by atoms with Crippen molar-refractivity contribution >= 4 is 26.6 Å². The molecule has 0 N–H and O–H groups in total. The Hall–Kier alpha value is -2.67. The van der Waals surface area contributed by atoms with Crippen molar-refractivity contribution in [2.75, 3.05) is 0 Å². The van der Waals surface area contributed by atoms with E-state index in [-0.39, 0.29) is 16.0 Å². The molecule has 0 saturated heterocycles. The molecule has 0 saturated carbocycles. The summed E-state index contributed by atoms with van der Waals surface area (Å²) in [5.74, 6) is 0. The van der Waals surface area contributed by atoms with Crippen molar-refractivity contribution in [2.45, 2.75) is 32.1 Å². The molecular weight excluding hydrogens is 352 g/mol. The van der Waals surface area contributed by atoms with E-state index in [0.29, 0.717) is 17.3 Å². The Morgan fingerprint density at radius 3 is 2.27 bits per heavy atom. The fraction of sp³-hybridized carbons (Fsp3) is 0.263. The molecule has 0 unspecified atom stereocenters. The summed E-state index contributed by atoms with van der Waals surface area (Å²) >= 11 is 0. The molecule has 26 heavy (non-hydrogen) atoms. The lowest BCUT2D eigenvalue weighted by molar-refractivity contribution is -0.383. The van der Waals surface area contributed by atoms with Gasteiger partial charge >= 0.3 is 0 Å². The summed E-state index contributed by atoms with van der Waals surface area (Å²) < 4.78 is 27.1. The molecule has 0 bridgehead atoms. The fourth-order valence-corrected chi connectivity index (χ4v) is 4.45. The molecular formula is C19H20N2O4S. The average molecular weight is 372 g/mol. The Bertz CT molecular complexity index is 1080. The molecule has 0 aliphatic carbocycles. The predicted molar refractivity (Wildman–Crippen MR) is 101 cm³/mol. The summed E-state index contributed by atoms with van der Waals surface area (Å²) in [6.07, 6.45) is 1.71. The van der Waals surface area contributed by atoms with E-state index in [1.165, 1.54) is 12.1 Å². The van der Waals surface area contributed by atoms with Gasteiger partial charge in [0.05, 0.1) is 26.9 Å². The smallest absolute Gasteiger partial charge is 0.258 e. The van der Waals surface area contributed by atoms with E-state index in [2.05, 4.69) is 0 Å². The zero-order valence-corrected chi connectivity index (χ0v) is 15.7. The Morgan fingerprint density at radius 1 is 1.04 bits per heavy atom. The highest BCUT2D eigenvalue weighted by Crippen LogP contribution is 2.36. The van der Waals surface area contributed by atoms with Crippen molar-refractivity contribution in [3.63, 3.8) is 0 Å². The lowest BCUT2D eigenvalue weighted by atomic mass is 9.87. The van der Waals surface area contributed by atoms with Crippen molar-refractivity contribution in [2.24, 2.45) is 5.41 Å². The minimum absolute atomic E-state index is 0.0908. The van der Waals surface area contributed by atoms with E-state index in [1.54, 1.807) is 30.3 Å². The molecule has 0 amide bonds. The number of rotatable bonds is 4. The van der Waals surface area contributed by atoms with Crippen LogP contribution in [-0.2, 0) is 16.4 Å². The quantitative estimate of drug-likeness (QED) is 0.503. The van der Waals surface area contributed by atoms with Crippen LogP contribution in [-0.4, -0.2) is 17.3 Å². The van der Waals surface area contributed by atoms with Crippen LogP contribution in [0.2, 0.25) is 0 Å². The molecule has 0 fully saturated rings. The first-order chi connectivity index (χ1) is 12.1. The van der Waals surface area contributed by atoms with Gasteiger partial charge < -0.3 is 0 Å². The lowest BCUT2D eigenvalue weighted by Crippen LogP contribution is -2.12. The third-order valence-corrected chi connectivity index (χ3v) is 5.77. The van der Waals surface area contributed by atoms with Gasteiger partial charge in [0, 0.05) is 0 Å². The monoisotopic (exact) mass is 372 g/mol. The Labute approximate surface area is 152 Å². The molecule has 3 aromatic rings. The molecule has 0 radical (unpaired) electrons. The summed E-state index contributed by atoms with van der Waals surface area (Å²) in [5, 5.41) is 12.0. The van der Waals surface area contributed by atoms with Gasteiger partial charge in [-0.3, -0.25) is 10.1 Å². The number of hydrogen-bond donors (Lipinski definition) is 0. The summed E-state index contributed by atoms with van der Waals surface area (Å²) in [5.41, 5.74) is 0.799. The van der Waals surface area contributed by atoms with Crippen LogP contribution < -0.4 is 0 Å². The van der Waals surface area contributed by atoms with Crippen LogP contribution in [0.5, 0.6) is 0 Å². The normalized spacial score (nSPS) is 12.4. The van der Waals surface area contributed by atoms with E-state index in [1.807, 2.05) is 26.8 Å². The summed E-state index contributed by atoms with van der Waals surface area (Å²) in [4.78, 5) is 11.2. The van der Waals surface area contributed by atoms with Gasteiger partial charge in [-0.2, -0.15) is 0 Å². The molecule has 0 atom stereocenters. The first-order valence-corrected chi connectivity index (χ1v) is 9.63. The highest BCUT2D eigenvalue weighted by molar-refractivity contribution is 7.90. The molecule has 0 spiro atoms. The lowest BCUT2D eigenvalue weighted by Gasteiger charge is -2.18. The molecule has 2 aromatic carbocycles. The Kier molecular flexibility index (Phi) is 4.36. The maximum atomic E-state index is 13.0. The molecule has 1 aromatic heterocycles. The summed E-state index contributed by atoms with van der Waals surface area (Å²) in [6, 6.07) is 13.1. The van der Waals surface area contributed by atoms with Gasteiger partial charge in [0.2, 0.25) is 0 Å². The largest absolute Gasteiger partial charge is 0.296 e. The predicted octanol–water partition coefficient (Wildman–Crippen LogP) is 4.38. The van der Waals surface area contributed by atoms with Gasteiger partial charge in [0.15, 0.2) is 0 Å². The number of nitrogens with zero attached hydrogens (tertiary/aromatic N) is 2. The van der Waals surface area contributed by atoms with Crippen molar-refractivity contribution < 1.29 is 13.3 Å². The van der Waals surface area contributed by atoms with Crippen LogP contribution in [0.25, 0.3) is 10.9 Å². The summed E-state index contributed by atoms with van der Waals surface area (Å²) in [7, 11) is -3.93. The second kappa shape index (κ2) is 6.25. The van der Waals surface area contributed by atoms with E-state index in [9.17, 15) is 18.5 Å². The van der Waals surface area contributed by atoms with Crippen LogP contribution in [0.3, 0.4) is 0 Å². The van der Waals surface area contributed by atoms with Gasteiger partial charge in [0.1, 0.15) is 0 Å². The van der Waals surface area contributed by atoms with E-state index < -0.39 is 14.9 Å². The number of benzene rings is 2. The van der Waals surface area contributed by atoms with Gasteiger partial charge in [-0.05, 0) is 35.6 Å². The third-order valence-electron chi connectivity index (χ3n) is 4.08. The first kappa shape index (κ1) is 18.1. The fourth-order valence-electron chi connectivity index (χ4n) is 3.07. The molecule has 0 aliphatic heterocycles. The van der Waals surface area contributed by atoms with Crippen molar-refractivity contribution in [1.82, 2.24) is 3.97 Å². The van der Waals surface area contributed by atoms with E-state index >= 15 is 0 Å². The second-order valence-corrected chi connectivity index (χ2v) is 9.25. The van der Waals surface area contributed by atoms with Gasteiger partial charge in [-0.25, -0.2) is 12.4 Å². The zero-order chi connectivity index (χ0) is 19.1. The van der Waals surface area contributed by atoms with Crippen molar-refractivity contribution in [1.29, 1.82) is 0 Å². The van der Waals surface area contributed by atoms with E-state index in [0.717, 1.165) is 15.7 Å². The van der Waals surface area contributed by atoms with Crippen LogP contribution in [0.4, 0.5) is 5.69 Å². The van der Waals surface area contributed by atoms with Crippen LogP contribution in [0.1, 0.15) is 26.3 Å². The standard InChI is InChI=1S/C19H20N2O4S/c1-19(2,3)12-14-8-7-11-16-18(14)17(21(22)23)13-20(16)26(24,25)15-9-5-4-6-10-15/h4-11,13H,12H2,1-3H3. The number of hydrogen-bond acceptors (Lipinski definition) is 4. The first-order valence-electron chi connectivity index (χ1n) is 8.19. The van der Waals surface area contributed by atoms with Crippen molar-refractivity contribution in [3.05, 3.63) is 70.4 Å². The minimum Gasteiger partial charge on any atom is -0.258 e. The van der Waals surface area contributed by atoms with Gasteiger partial charge in [-0.1, -0.05) is 51.1 Å². The molecule has 0 aliphatic rings. The maximum Gasteiger partial charge on any atom is 0.296 e. The van der Waals surface area contributed by atoms with Crippen molar-refractivity contribution in [3.8, 4) is 0 Å². The molecule has 6 nitrogen and oxygen atoms in total. The highest BCUT2D eigenvalue weighted by atomic mass is 32.2. The molecule has 3 rings (SSSR count). The van der Waals surface area contributed by atoms with Gasteiger partial charge in [0.25, 0.3) is 15.7 Å². The topological polar surface area (TPSA) is 82.2 Å². The SMILES string of the molecule is CC(C)(C)Cc1cccc2c1c([N+](=O)[O-])cn2S(=O)(=O)c1ccccc1. The van der Waals surface area contributed by atoms with Crippen LogP contribution in [0, 0.1) is 15.5 Å². The minimum atomic E-state index is -3.93. The third kappa shape index (κ3) is 3.22. The number of aromatic nitrogens is 1. The second-order valence-electron chi connectivity index (χ2n) is 7.43. The Morgan fingerprint density at radius 2 is 1.69 bits per heavy atom. The number of nitro groups is 1. The van der Waals surface area contributed by atoms with Gasteiger partial charge in [-0.15, -0.1) is 0 Å². The highest BCUT2D eigenvalue weighted by Gasteiger charge is 2.28. The molecule has 1 heterocycles. The number of fused-ring (bicyclic) bond motifs is 1. The average Bonchev–Trinajstić information content (AvgIpc) is 2.96. The maximum absolute atomic E-state index is 13.0. The zero-order valence-electron chi connectivity index (χ0n) is 14.8. The molecule has 136 valence electrons.